The molecule has 18 heavy (non-hydrogen) atoms. The van der Waals surface area contributed by atoms with Gasteiger partial charge in [-0.25, -0.2) is 4.99 Å². The highest BCUT2D eigenvalue weighted by molar-refractivity contribution is 5.78. The second-order valence-corrected chi connectivity index (χ2v) is 5.38. The first-order chi connectivity index (χ1) is 8.31. The molecule has 0 saturated carbocycles. The van der Waals surface area contributed by atoms with Gasteiger partial charge >= 0.3 is 0 Å². The number of hydrogen-bond acceptors (Lipinski definition) is 2. The molecule has 0 aliphatic rings. The maximum Gasteiger partial charge on any atom is 0.189 e. The molecule has 3 N–H and O–H groups in total. The summed E-state index contributed by atoms with van der Waals surface area (Å²) in [4.78, 5) is 4.31. The molecule has 0 spiro atoms. The Morgan fingerprint density at radius 1 is 1.39 bits per heavy atom. The molecule has 4 heteroatoms. The van der Waals surface area contributed by atoms with Crippen LogP contribution in [0.5, 0.6) is 5.75 Å². The fourth-order valence-electron chi connectivity index (χ4n) is 1.56. The number of aliphatic imine (C=N–C) groups is 1. The van der Waals surface area contributed by atoms with Crippen molar-refractivity contribution in [3.05, 3.63) is 29.3 Å². The summed E-state index contributed by atoms with van der Waals surface area (Å²) in [5.41, 5.74) is 7.94. The number of methoxy groups -OCH3 is 1. The molecule has 4 nitrogen and oxygen atoms in total. The molecule has 0 aliphatic heterocycles. The van der Waals surface area contributed by atoms with Crippen LogP contribution in [0.1, 0.15) is 31.9 Å². The largest absolute Gasteiger partial charge is 0.496 e. The lowest BCUT2D eigenvalue weighted by Crippen LogP contribution is -2.44. The van der Waals surface area contributed by atoms with E-state index in [1.807, 2.05) is 45.9 Å². The van der Waals surface area contributed by atoms with Gasteiger partial charge in [0.15, 0.2) is 5.96 Å². The van der Waals surface area contributed by atoms with Crippen molar-refractivity contribution in [2.24, 2.45) is 10.7 Å². The van der Waals surface area contributed by atoms with E-state index < -0.39 is 0 Å². The monoisotopic (exact) mass is 249 g/mol. The zero-order chi connectivity index (χ0) is 13.8. The topological polar surface area (TPSA) is 59.6 Å². The van der Waals surface area contributed by atoms with E-state index in [0.29, 0.717) is 12.5 Å². The van der Waals surface area contributed by atoms with Crippen molar-refractivity contribution in [2.75, 3.05) is 7.11 Å². The summed E-state index contributed by atoms with van der Waals surface area (Å²) < 4.78 is 5.28. The summed E-state index contributed by atoms with van der Waals surface area (Å²) in [7, 11) is 1.67. The maximum absolute atomic E-state index is 5.82. The first kappa shape index (κ1) is 14.4. The normalized spacial score (nSPS) is 12.4. The van der Waals surface area contributed by atoms with Crippen LogP contribution in [0.4, 0.5) is 0 Å². The zero-order valence-corrected chi connectivity index (χ0v) is 11.9. The summed E-state index contributed by atoms with van der Waals surface area (Å²) in [5, 5.41) is 3.13. The van der Waals surface area contributed by atoms with Gasteiger partial charge < -0.3 is 15.8 Å². The van der Waals surface area contributed by atoms with E-state index in [1.165, 1.54) is 0 Å². The molecule has 0 amide bonds. The molecular formula is C14H23N3O. The average Bonchev–Trinajstić information content (AvgIpc) is 2.25. The first-order valence-corrected chi connectivity index (χ1v) is 6.03. The third kappa shape index (κ3) is 4.65. The van der Waals surface area contributed by atoms with Crippen molar-refractivity contribution in [3.63, 3.8) is 0 Å². The van der Waals surface area contributed by atoms with Crippen LogP contribution in [0.25, 0.3) is 0 Å². The number of ether oxygens (including phenoxy) is 1. The van der Waals surface area contributed by atoms with E-state index >= 15 is 0 Å². The highest BCUT2D eigenvalue weighted by atomic mass is 16.5. The van der Waals surface area contributed by atoms with E-state index in [2.05, 4.69) is 10.3 Å². The fraction of sp³-hybridized carbons (Fsp3) is 0.500. The number of aryl methyl sites for hydroxylation is 1. The van der Waals surface area contributed by atoms with Gasteiger partial charge in [0.25, 0.3) is 0 Å². The van der Waals surface area contributed by atoms with Gasteiger partial charge in [-0.1, -0.05) is 12.1 Å². The summed E-state index contributed by atoms with van der Waals surface area (Å²) in [6.45, 7) is 8.70. The Morgan fingerprint density at radius 2 is 2.06 bits per heavy atom. The Labute approximate surface area is 109 Å². The summed E-state index contributed by atoms with van der Waals surface area (Å²) >= 11 is 0. The van der Waals surface area contributed by atoms with Crippen molar-refractivity contribution in [1.29, 1.82) is 0 Å². The zero-order valence-electron chi connectivity index (χ0n) is 11.9. The summed E-state index contributed by atoms with van der Waals surface area (Å²) in [6.07, 6.45) is 0. The Morgan fingerprint density at radius 3 is 2.61 bits per heavy atom. The van der Waals surface area contributed by atoms with Gasteiger partial charge in [0.2, 0.25) is 0 Å². The first-order valence-electron chi connectivity index (χ1n) is 6.03. The SMILES string of the molecule is COc1cc(CN=C(N)NC(C)(C)C)ccc1C. The van der Waals surface area contributed by atoms with Gasteiger partial charge in [-0.05, 0) is 44.9 Å². The van der Waals surface area contributed by atoms with E-state index in [-0.39, 0.29) is 5.54 Å². The van der Waals surface area contributed by atoms with E-state index in [9.17, 15) is 0 Å². The van der Waals surface area contributed by atoms with Crippen molar-refractivity contribution in [3.8, 4) is 5.75 Å². The van der Waals surface area contributed by atoms with Crippen LogP contribution in [0.2, 0.25) is 0 Å². The van der Waals surface area contributed by atoms with Crippen molar-refractivity contribution in [1.82, 2.24) is 5.32 Å². The molecule has 1 rings (SSSR count). The number of nitrogens with one attached hydrogen (secondary N) is 1. The van der Waals surface area contributed by atoms with Crippen LogP contribution in [-0.4, -0.2) is 18.6 Å². The van der Waals surface area contributed by atoms with Gasteiger partial charge in [-0.3, -0.25) is 0 Å². The van der Waals surface area contributed by atoms with Gasteiger partial charge in [0, 0.05) is 5.54 Å². The molecule has 0 aromatic heterocycles. The molecule has 0 heterocycles. The molecule has 0 saturated heterocycles. The predicted molar refractivity (Wildman–Crippen MR) is 75.9 cm³/mol. The molecule has 0 radical (unpaired) electrons. The lowest BCUT2D eigenvalue weighted by Gasteiger charge is -2.21. The van der Waals surface area contributed by atoms with E-state index in [0.717, 1.165) is 16.9 Å². The molecule has 0 fully saturated rings. The minimum Gasteiger partial charge on any atom is -0.496 e. The third-order valence-corrected chi connectivity index (χ3v) is 2.41. The van der Waals surface area contributed by atoms with Gasteiger partial charge in [-0.2, -0.15) is 0 Å². The third-order valence-electron chi connectivity index (χ3n) is 2.41. The standard InChI is InChI=1S/C14H23N3O/c1-10-6-7-11(8-12(10)18-5)9-16-13(15)17-14(2,3)4/h6-8H,9H2,1-5H3,(H3,15,16,17). The lowest BCUT2D eigenvalue weighted by atomic mass is 10.1. The van der Waals surface area contributed by atoms with E-state index in [4.69, 9.17) is 10.5 Å². The lowest BCUT2D eigenvalue weighted by molar-refractivity contribution is 0.411. The number of nitrogens with zero attached hydrogens (tertiary/aromatic N) is 1. The Hall–Kier alpha value is -1.71. The highest BCUT2D eigenvalue weighted by Crippen LogP contribution is 2.19. The van der Waals surface area contributed by atoms with Crippen LogP contribution in [0.3, 0.4) is 0 Å². The number of hydrogen-bond donors (Lipinski definition) is 2. The number of rotatable bonds is 3. The molecule has 0 unspecified atom stereocenters. The second-order valence-electron chi connectivity index (χ2n) is 5.38. The Balaban J connectivity index is 2.71. The fourth-order valence-corrected chi connectivity index (χ4v) is 1.56. The predicted octanol–water partition coefficient (Wildman–Crippen LogP) is 2.21. The average molecular weight is 249 g/mol. The maximum atomic E-state index is 5.82. The molecule has 1 aromatic rings. The Bertz CT molecular complexity index is 433. The van der Waals surface area contributed by atoms with E-state index in [1.54, 1.807) is 7.11 Å². The van der Waals surface area contributed by atoms with Crippen molar-refractivity contribution >= 4 is 5.96 Å². The molecule has 100 valence electrons. The van der Waals surface area contributed by atoms with Crippen LogP contribution in [0.15, 0.2) is 23.2 Å². The summed E-state index contributed by atoms with van der Waals surface area (Å²) in [5.74, 6) is 1.34. The molecule has 0 bridgehead atoms. The number of guanidine groups is 1. The quantitative estimate of drug-likeness (QED) is 0.638. The number of nitrogens with two attached hydrogens (primary N) is 1. The van der Waals surface area contributed by atoms with Crippen LogP contribution in [-0.2, 0) is 6.54 Å². The van der Waals surface area contributed by atoms with Crippen LogP contribution < -0.4 is 15.8 Å². The molecular weight excluding hydrogens is 226 g/mol. The molecule has 0 atom stereocenters. The Kier molecular flexibility index (Phi) is 4.59. The van der Waals surface area contributed by atoms with Crippen LogP contribution >= 0.6 is 0 Å². The minimum atomic E-state index is -0.0709. The summed E-state index contributed by atoms with van der Waals surface area (Å²) in [6, 6.07) is 6.05. The van der Waals surface area contributed by atoms with Crippen molar-refractivity contribution < 1.29 is 4.74 Å². The smallest absolute Gasteiger partial charge is 0.189 e. The van der Waals surface area contributed by atoms with Crippen LogP contribution in [0, 0.1) is 6.92 Å². The van der Waals surface area contributed by atoms with Gasteiger partial charge in [0.1, 0.15) is 5.75 Å². The van der Waals surface area contributed by atoms with Gasteiger partial charge in [0.05, 0.1) is 13.7 Å². The number of benzene rings is 1. The molecule has 0 aliphatic carbocycles. The second kappa shape index (κ2) is 5.76. The highest BCUT2D eigenvalue weighted by Gasteiger charge is 2.09. The molecule has 1 aromatic carbocycles. The van der Waals surface area contributed by atoms with Gasteiger partial charge in [-0.15, -0.1) is 0 Å². The van der Waals surface area contributed by atoms with Crippen molar-refractivity contribution in [2.45, 2.75) is 39.8 Å². The minimum absolute atomic E-state index is 0.0709.